The van der Waals surface area contributed by atoms with Crippen molar-refractivity contribution in [3.8, 4) is 0 Å². The highest BCUT2D eigenvalue weighted by molar-refractivity contribution is 7.47. The van der Waals surface area contributed by atoms with E-state index >= 15 is 0 Å². The Morgan fingerprint density at radius 3 is 1.54 bits per heavy atom. The zero-order valence-corrected chi connectivity index (χ0v) is 35.7. The fourth-order valence-electron chi connectivity index (χ4n) is 5.06. The van der Waals surface area contributed by atoms with Crippen LogP contribution in [0.1, 0.15) is 142 Å². The smallest absolute Gasteiger partial charge is 0.457 e. The first-order valence-corrected chi connectivity index (χ1v) is 22.7. The van der Waals surface area contributed by atoms with Crippen molar-refractivity contribution in [2.45, 2.75) is 154 Å². The van der Waals surface area contributed by atoms with Gasteiger partial charge in [-0.25, -0.2) is 4.57 Å². The van der Waals surface area contributed by atoms with Crippen molar-refractivity contribution in [3.63, 3.8) is 0 Å². The monoisotopic (exact) mass is 805 g/mol. The minimum absolute atomic E-state index is 0.00514. The van der Waals surface area contributed by atoms with Crippen LogP contribution in [0.25, 0.3) is 0 Å². The number of allylic oxidation sites excluding steroid dienone is 16. The molecule has 0 aliphatic rings. The first-order chi connectivity index (χ1) is 27.3. The topological polar surface area (TPSA) is 132 Å². The zero-order chi connectivity index (χ0) is 41.1. The largest absolute Gasteiger partial charge is 0.472 e. The molecule has 320 valence electrons. The van der Waals surface area contributed by atoms with E-state index in [-0.39, 0.29) is 13.0 Å². The fourth-order valence-corrected chi connectivity index (χ4v) is 5.85. The van der Waals surface area contributed by atoms with E-state index in [0.29, 0.717) is 13.0 Å². The van der Waals surface area contributed by atoms with E-state index in [1.54, 1.807) is 0 Å². The number of ether oxygens (including phenoxy) is 2. The zero-order valence-electron chi connectivity index (χ0n) is 34.8. The Kier molecular flexibility index (Phi) is 40.0. The molecule has 3 unspecified atom stereocenters. The lowest BCUT2D eigenvalue weighted by Gasteiger charge is -2.20. The predicted molar refractivity (Wildman–Crippen MR) is 232 cm³/mol. The van der Waals surface area contributed by atoms with Gasteiger partial charge in [0.05, 0.1) is 26.4 Å². The van der Waals surface area contributed by atoms with Crippen LogP contribution in [0.4, 0.5) is 0 Å². The third-order valence-corrected chi connectivity index (χ3v) is 9.22. The maximum atomic E-state index is 12.6. The highest BCUT2D eigenvalue weighted by Crippen LogP contribution is 2.43. The molecule has 3 N–H and O–H groups in total. The third kappa shape index (κ3) is 41.0. The molecule has 0 radical (unpaired) electrons. The van der Waals surface area contributed by atoms with Gasteiger partial charge in [0.1, 0.15) is 12.2 Å². The maximum absolute atomic E-state index is 12.6. The highest BCUT2D eigenvalue weighted by Gasteiger charge is 2.26. The maximum Gasteiger partial charge on any atom is 0.472 e. The van der Waals surface area contributed by atoms with Crippen LogP contribution in [0, 0.1) is 0 Å². The lowest BCUT2D eigenvalue weighted by molar-refractivity contribution is -0.154. The van der Waals surface area contributed by atoms with Crippen LogP contribution in [0.15, 0.2) is 97.2 Å². The van der Waals surface area contributed by atoms with Gasteiger partial charge in [-0.3, -0.25) is 13.8 Å². The second-order valence-electron chi connectivity index (χ2n) is 13.6. The first kappa shape index (κ1) is 53.4. The van der Waals surface area contributed by atoms with Crippen LogP contribution >= 0.6 is 7.82 Å². The van der Waals surface area contributed by atoms with Gasteiger partial charge in [0, 0.05) is 13.0 Å². The lowest BCUT2D eigenvalue weighted by atomic mass is 10.1. The summed E-state index contributed by atoms with van der Waals surface area (Å²) in [5.74, 6) is -0.472. The first-order valence-electron chi connectivity index (χ1n) is 21.2. The summed E-state index contributed by atoms with van der Waals surface area (Å²) in [4.78, 5) is 22.5. The fraction of sp³-hybridized carbons (Fsp3) is 0.630. The van der Waals surface area contributed by atoms with E-state index in [4.69, 9.17) is 23.6 Å². The molecular formula is C46H77O9P. The van der Waals surface area contributed by atoms with Crippen molar-refractivity contribution in [2.24, 2.45) is 0 Å². The van der Waals surface area contributed by atoms with Gasteiger partial charge in [0.2, 0.25) is 0 Å². The van der Waals surface area contributed by atoms with Gasteiger partial charge in [-0.2, -0.15) is 0 Å². The predicted octanol–water partition coefficient (Wildman–Crippen LogP) is 11.7. The summed E-state index contributed by atoms with van der Waals surface area (Å²) in [7, 11) is -4.55. The molecular weight excluding hydrogens is 727 g/mol. The Morgan fingerprint density at radius 1 is 0.571 bits per heavy atom. The molecule has 10 heteroatoms. The molecule has 0 amide bonds. The van der Waals surface area contributed by atoms with E-state index in [1.807, 2.05) is 12.2 Å². The molecule has 0 rings (SSSR count). The molecule has 0 aliphatic heterocycles. The Hall–Kier alpha value is -2.62. The average molecular weight is 805 g/mol. The normalized spacial score (nSPS) is 15.0. The van der Waals surface area contributed by atoms with Gasteiger partial charge in [-0.15, -0.1) is 0 Å². The third-order valence-electron chi connectivity index (χ3n) is 8.27. The Morgan fingerprint density at radius 2 is 1.02 bits per heavy atom. The van der Waals surface area contributed by atoms with Gasteiger partial charge in [-0.1, -0.05) is 150 Å². The van der Waals surface area contributed by atoms with Gasteiger partial charge in [-0.05, 0) is 83.5 Å². The molecule has 0 aliphatic carbocycles. The van der Waals surface area contributed by atoms with E-state index < -0.39 is 45.8 Å². The number of aliphatic hydroxyl groups excluding tert-OH is 2. The molecule has 3 atom stereocenters. The summed E-state index contributed by atoms with van der Waals surface area (Å²) in [6.07, 6.45) is 52.3. The number of aliphatic hydroxyl groups is 2. The number of phosphoric ester groups is 1. The van der Waals surface area contributed by atoms with Crippen molar-refractivity contribution in [1.82, 2.24) is 0 Å². The van der Waals surface area contributed by atoms with Crippen LogP contribution in [0.2, 0.25) is 0 Å². The Balaban J connectivity index is 4.37. The van der Waals surface area contributed by atoms with Crippen molar-refractivity contribution in [3.05, 3.63) is 97.2 Å². The summed E-state index contributed by atoms with van der Waals surface area (Å²) in [5, 5.41) is 18.3. The Bertz CT molecular complexity index is 1190. The molecule has 0 fully saturated rings. The number of phosphoric acid groups is 1. The van der Waals surface area contributed by atoms with E-state index in [2.05, 4.69) is 98.9 Å². The highest BCUT2D eigenvalue weighted by atomic mass is 31.2. The molecule has 0 spiro atoms. The van der Waals surface area contributed by atoms with Crippen molar-refractivity contribution in [2.75, 3.05) is 33.0 Å². The number of rotatable bonds is 39. The Labute approximate surface area is 340 Å². The average Bonchev–Trinajstić information content (AvgIpc) is 3.19. The summed E-state index contributed by atoms with van der Waals surface area (Å²) in [5.41, 5.74) is 0. The van der Waals surface area contributed by atoms with E-state index in [1.165, 1.54) is 44.9 Å². The van der Waals surface area contributed by atoms with E-state index in [0.717, 1.165) is 70.6 Å². The number of carbonyl (C=O) groups is 1. The number of hydrogen-bond donors (Lipinski definition) is 3. The van der Waals surface area contributed by atoms with Gasteiger partial charge in [0.25, 0.3) is 0 Å². The minimum Gasteiger partial charge on any atom is -0.457 e. The number of esters is 1. The van der Waals surface area contributed by atoms with Crippen molar-refractivity contribution >= 4 is 13.8 Å². The van der Waals surface area contributed by atoms with Crippen LogP contribution in [0.3, 0.4) is 0 Å². The second-order valence-corrected chi connectivity index (χ2v) is 15.1. The van der Waals surface area contributed by atoms with E-state index in [9.17, 15) is 19.4 Å². The van der Waals surface area contributed by atoms with Crippen molar-refractivity contribution < 1.29 is 43.0 Å². The molecule has 0 aromatic carbocycles. The minimum atomic E-state index is -4.55. The molecule has 0 aromatic heterocycles. The molecule has 0 saturated carbocycles. The molecule has 0 aromatic rings. The lowest BCUT2D eigenvalue weighted by Crippen LogP contribution is -2.29. The number of carbonyl (C=O) groups excluding carboxylic acids is 1. The van der Waals surface area contributed by atoms with Gasteiger partial charge in [0.15, 0.2) is 0 Å². The molecule has 0 bridgehead atoms. The van der Waals surface area contributed by atoms with Crippen LogP contribution in [0.5, 0.6) is 0 Å². The molecule has 9 nitrogen and oxygen atoms in total. The second kappa shape index (κ2) is 42.0. The van der Waals surface area contributed by atoms with Crippen LogP contribution in [-0.2, 0) is 27.9 Å². The van der Waals surface area contributed by atoms with Crippen molar-refractivity contribution in [1.29, 1.82) is 0 Å². The molecule has 0 heterocycles. The SMILES string of the molecule is CC/C=C\C/C=C\C/C=C\C/C=C\C/C=C\C/C=C\CCC(=O)OC(COCCCCCCCC/C=C\C/C=C\CCCCC)COP(=O)(O)OCC(O)CO. The van der Waals surface area contributed by atoms with Gasteiger partial charge < -0.3 is 24.6 Å². The summed E-state index contributed by atoms with van der Waals surface area (Å²) in [6, 6.07) is 0. The molecule has 56 heavy (non-hydrogen) atoms. The van der Waals surface area contributed by atoms with Crippen LogP contribution < -0.4 is 0 Å². The molecule has 0 saturated heterocycles. The van der Waals surface area contributed by atoms with Crippen LogP contribution in [-0.4, -0.2) is 66.3 Å². The summed E-state index contributed by atoms with van der Waals surface area (Å²) in [6.45, 7) is 3.22. The quantitative estimate of drug-likeness (QED) is 0.0240. The number of unbranched alkanes of at least 4 members (excludes halogenated alkanes) is 9. The summed E-state index contributed by atoms with van der Waals surface area (Å²) < 4.78 is 33.2. The van der Waals surface area contributed by atoms with Gasteiger partial charge >= 0.3 is 13.8 Å². The summed E-state index contributed by atoms with van der Waals surface area (Å²) >= 11 is 0. The standard InChI is InChI=1S/C46H77O9P/c1-3-5-7-9-11-13-15-17-19-21-22-23-24-26-28-30-32-34-36-38-46(49)55-45(43-54-56(50,51)53-41-44(48)40-47)42-52-39-37-35-33-31-29-27-25-20-18-16-14-12-10-8-6-4-2/h5,7,11-14,17-20,22-23,26,28,32,34,44-45,47-48H,3-4,6,8-10,15-16,21,24-25,27,29-31,33,35-43H2,1-2H3,(H,50,51)/b7-5-,13-11-,14-12-,19-17-,20-18-,23-22-,28-26-,34-32-. The number of hydrogen-bond acceptors (Lipinski definition) is 8.